The van der Waals surface area contributed by atoms with Gasteiger partial charge in [-0.25, -0.2) is 0 Å². The number of anilines is 2. The molecule has 5 heteroatoms. The van der Waals surface area contributed by atoms with Crippen LogP contribution in [-0.2, 0) is 18.4 Å². The molecule has 0 spiro atoms. The van der Waals surface area contributed by atoms with E-state index in [9.17, 15) is 0 Å². The largest absolute Gasteiger partial charge is 0.399 e. The maximum Gasteiger partial charge on any atom is 0.232 e. The summed E-state index contributed by atoms with van der Waals surface area (Å²) in [6.07, 6.45) is 2.21. The second-order valence-electron chi connectivity index (χ2n) is 6.68. The van der Waals surface area contributed by atoms with Crippen molar-refractivity contribution in [1.29, 1.82) is 0 Å². The Bertz CT molecular complexity index is 642. The number of nitrogens with two attached hydrogens (primary N) is 1. The molecule has 0 atom stereocenters. The van der Waals surface area contributed by atoms with Gasteiger partial charge in [0.1, 0.15) is 0 Å². The van der Waals surface area contributed by atoms with E-state index in [4.69, 9.17) is 10.3 Å². The molecule has 0 bridgehead atoms. The molecule has 2 heterocycles. The van der Waals surface area contributed by atoms with Gasteiger partial charge >= 0.3 is 0 Å². The summed E-state index contributed by atoms with van der Waals surface area (Å²) in [6.45, 7) is 7.91. The second kappa shape index (κ2) is 5.06. The van der Waals surface area contributed by atoms with E-state index in [0.717, 1.165) is 30.9 Å². The maximum atomic E-state index is 5.87. The summed E-state index contributed by atoms with van der Waals surface area (Å²) < 4.78 is 5.37. The van der Waals surface area contributed by atoms with Crippen molar-refractivity contribution >= 4 is 11.4 Å². The summed E-state index contributed by atoms with van der Waals surface area (Å²) in [5.41, 5.74) is 9.13. The molecule has 2 N–H and O–H groups in total. The summed E-state index contributed by atoms with van der Waals surface area (Å²) in [7, 11) is 0. The van der Waals surface area contributed by atoms with Crippen molar-refractivity contribution in [1.82, 2.24) is 10.1 Å². The third kappa shape index (κ3) is 2.86. The van der Waals surface area contributed by atoms with Gasteiger partial charge in [-0.2, -0.15) is 4.98 Å². The molecule has 3 rings (SSSR count). The van der Waals surface area contributed by atoms with Crippen LogP contribution >= 0.6 is 0 Å². The standard InChI is InChI=1S/C16H22N4O/c1-16(2,3)15-18-14(19-21-15)10-20-8-4-5-11-9-12(17)6-7-13(11)20/h6-7,9H,4-5,8,10,17H2,1-3H3. The first-order valence-electron chi connectivity index (χ1n) is 7.40. The lowest BCUT2D eigenvalue weighted by atomic mass is 9.97. The monoisotopic (exact) mass is 286 g/mol. The van der Waals surface area contributed by atoms with E-state index in [1.54, 1.807) is 0 Å². The number of hydrogen-bond donors (Lipinski definition) is 1. The van der Waals surface area contributed by atoms with E-state index in [0.29, 0.717) is 12.4 Å². The summed E-state index contributed by atoms with van der Waals surface area (Å²) >= 11 is 0. The lowest BCUT2D eigenvalue weighted by Gasteiger charge is -2.30. The molecule has 1 aromatic carbocycles. The van der Waals surface area contributed by atoms with Crippen LogP contribution in [0.2, 0.25) is 0 Å². The quantitative estimate of drug-likeness (QED) is 0.860. The highest BCUT2D eigenvalue weighted by molar-refractivity contribution is 5.61. The van der Waals surface area contributed by atoms with Crippen molar-refractivity contribution in [3.05, 3.63) is 35.5 Å². The van der Waals surface area contributed by atoms with Gasteiger partial charge in [0.25, 0.3) is 0 Å². The van der Waals surface area contributed by atoms with Crippen LogP contribution in [0.4, 0.5) is 11.4 Å². The van der Waals surface area contributed by atoms with Crippen LogP contribution in [0.1, 0.15) is 44.5 Å². The minimum absolute atomic E-state index is 0.112. The van der Waals surface area contributed by atoms with Crippen LogP contribution in [0.25, 0.3) is 0 Å². The summed E-state index contributed by atoms with van der Waals surface area (Å²) in [4.78, 5) is 6.82. The molecule has 2 aromatic rings. The number of nitrogen functional groups attached to an aromatic ring is 1. The van der Waals surface area contributed by atoms with E-state index in [2.05, 4.69) is 47.9 Å². The first-order chi connectivity index (χ1) is 9.93. The van der Waals surface area contributed by atoms with Crippen molar-refractivity contribution in [2.24, 2.45) is 0 Å². The number of hydrogen-bond acceptors (Lipinski definition) is 5. The molecule has 1 aliphatic rings. The van der Waals surface area contributed by atoms with Gasteiger partial charge in [-0.15, -0.1) is 0 Å². The number of aryl methyl sites for hydroxylation is 1. The second-order valence-corrected chi connectivity index (χ2v) is 6.68. The highest BCUT2D eigenvalue weighted by Crippen LogP contribution is 2.30. The first kappa shape index (κ1) is 13.9. The summed E-state index contributed by atoms with van der Waals surface area (Å²) in [5, 5.41) is 4.11. The predicted molar refractivity (Wildman–Crippen MR) is 83.2 cm³/mol. The van der Waals surface area contributed by atoms with E-state index in [1.807, 2.05) is 6.07 Å². The molecular weight excluding hydrogens is 264 g/mol. The zero-order valence-electron chi connectivity index (χ0n) is 12.9. The minimum Gasteiger partial charge on any atom is -0.399 e. The van der Waals surface area contributed by atoms with Crippen LogP contribution in [0.3, 0.4) is 0 Å². The molecule has 112 valence electrons. The minimum atomic E-state index is -0.112. The average molecular weight is 286 g/mol. The van der Waals surface area contributed by atoms with Gasteiger partial charge in [0.15, 0.2) is 5.82 Å². The fourth-order valence-electron chi connectivity index (χ4n) is 2.65. The van der Waals surface area contributed by atoms with Crippen molar-refractivity contribution < 1.29 is 4.52 Å². The zero-order chi connectivity index (χ0) is 15.0. The van der Waals surface area contributed by atoms with Gasteiger partial charge in [0, 0.05) is 23.3 Å². The Balaban J connectivity index is 1.82. The smallest absolute Gasteiger partial charge is 0.232 e. The van der Waals surface area contributed by atoms with Gasteiger partial charge in [-0.3, -0.25) is 0 Å². The number of rotatable bonds is 2. The fourth-order valence-corrected chi connectivity index (χ4v) is 2.65. The predicted octanol–water partition coefficient (Wildman–Crippen LogP) is 2.90. The molecule has 0 fully saturated rings. The Morgan fingerprint density at radius 3 is 2.86 bits per heavy atom. The SMILES string of the molecule is CC(C)(C)c1nc(CN2CCCc3cc(N)ccc32)no1. The topological polar surface area (TPSA) is 68.2 Å². The normalized spacial score (nSPS) is 15.1. The Hall–Kier alpha value is -2.04. The van der Waals surface area contributed by atoms with Crippen molar-refractivity contribution in [2.75, 3.05) is 17.2 Å². The molecule has 21 heavy (non-hydrogen) atoms. The van der Waals surface area contributed by atoms with Crippen LogP contribution in [-0.4, -0.2) is 16.7 Å². The highest BCUT2D eigenvalue weighted by atomic mass is 16.5. The molecule has 0 radical (unpaired) electrons. The molecule has 1 aliphatic heterocycles. The lowest BCUT2D eigenvalue weighted by molar-refractivity contribution is 0.318. The van der Waals surface area contributed by atoms with Gasteiger partial charge in [0.05, 0.1) is 6.54 Å². The Kier molecular flexibility index (Phi) is 3.35. The molecule has 0 saturated carbocycles. The van der Waals surface area contributed by atoms with Gasteiger partial charge in [-0.1, -0.05) is 25.9 Å². The molecule has 0 unspecified atom stereocenters. The van der Waals surface area contributed by atoms with Crippen molar-refractivity contribution in [3.8, 4) is 0 Å². The lowest BCUT2D eigenvalue weighted by Crippen LogP contribution is -2.29. The highest BCUT2D eigenvalue weighted by Gasteiger charge is 2.24. The molecular formula is C16H22N4O. The number of nitrogens with zero attached hydrogens (tertiary/aromatic N) is 3. The molecule has 0 amide bonds. The average Bonchev–Trinajstić information content (AvgIpc) is 2.87. The molecule has 0 saturated heterocycles. The van der Waals surface area contributed by atoms with E-state index in [-0.39, 0.29) is 5.41 Å². The number of benzene rings is 1. The zero-order valence-corrected chi connectivity index (χ0v) is 12.9. The molecule has 1 aromatic heterocycles. The third-order valence-electron chi connectivity index (χ3n) is 3.76. The van der Waals surface area contributed by atoms with E-state index in [1.165, 1.54) is 11.3 Å². The molecule has 5 nitrogen and oxygen atoms in total. The fraction of sp³-hybridized carbons (Fsp3) is 0.500. The Morgan fingerprint density at radius 2 is 2.14 bits per heavy atom. The Labute approximate surface area is 125 Å². The van der Waals surface area contributed by atoms with Crippen LogP contribution < -0.4 is 10.6 Å². The first-order valence-corrected chi connectivity index (χ1v) is 7.40. The van der Waals surface area contributed by atoms with E-state index >= 15 is 0 Å². The van der Waals surface area contributed by atoms with Crippen molar-refractivity contribution in [3.63, 3.8) is 0 Å². The Morgan fingerprint density at radius 1 is 1.33 bits per heavy atom. The number of fused-ring (bicyclic) bond motifs is 1. The van der Waals surface area contributed by atoms with Gasteiger partial charge in [-0.05, 0) is 36.6 Å². The molecule has 0 aliphatic carbocycles. The van der Waals surface area contributed by atoms with Crippen LogP contribution in [0.5, 0.6) is 0 Å². The maximum absolute atomic E-state index is 5.87. The van der Waals surface area contributed by atoms with Crippen LogP contribution in [0.15, 0.2) is 22.7 Å². The van der Waals surface area contributed by atoms with E-state index < -0.39 is 0 Å². The number of aromatic nitrogens is 2. The van der Waals surface area contributed by atoms with Crippen LogP contribution in [0, 0.1) is 0 Å². The van der Waals surface area contributed by atoms with Gasteiger partial charge in [0.2, 0.25) is 5.89 Å². The van der Waals surface area contributed by atoms with Gasteiger partial charge < -0.3 is 15.2 Å². The summed E-state index contributed by atoms with van der Waals surface area (Å²) in [6, 6.07) is 6.11. The van der Waals surface area contributed by atoms with Crippen molar-refractivity contribution in [2.45, 2.75) is 45.6 Å². The third-order valence-corrected chi connectivity index (χ3v) is 3.76. The summed E-state index contributed by atoms with van der Waals surface area (Å²) in [5.74, 6) is 1.43.